The molecule has 0 amide bonds. The maximum absolute atomic E-state index is 12.5. The van der Waals surface area contributed by atoms with Crippen LogP contribution in [0.5, 0.6) is 11.9 Å². The summed E-state index contributed by atoms with van der Waals surface area (Å²) in [5, 5.41) is 10.9. The Hall–Kier alpha value is -3.53. The molecule has 0 spiro atoms. The van der Waals surface area contributed by atoms with Crippen LogP contribution in [0.25, 0.3) is 0 Å². The molecule has 0 fully saturated rings. The monoisotopic (exact) mass is 429 g/mol. The standard InChI is InChI=1S/C20H19N3O6S/c1-2-30(26,27)19-17(23(24)25)18(28-13-15-9-5-3-6-10-15)21-20(22-19)29-14-16-11-7-4-8-12-16/h3-12H,2,13-14H2,1H3. The normalized spacial score (nSPS) is 11.1. The van der Waals surface area contributed by atoms with E-state index in [4.69, 9.17) is 9.47 Å². The fourth-order valence-corrected chi connectivity index (χ4v) is 3.47. The molecule has 156 valence electrons. The summed E-state index contributed by atoms with van der Waals surface area (Å²) in [6.07, 6.45) is 0. The summed E-state index contributed by atoms with van der Waals surface area (Å²) in [4.78, 5) is 18.6. The van der Waals surface area contributed by atoms with E-state index in [1.165, 1.54) is 6.92 Å². The molecule has 3 rings (SSSR count). The summed E-state index contributed by atoms with van der Waals surface area (Å²) in [5.74, 6) is -0.838. The van der Waals surface area contributed by atoms with E-state index in [0.717, 1.165) is 11.1 Å². The second kappa shape index (κ2) is 9.31. The van der Waals surface area contributed by atoms with Crippen molar-refractivity contribution in [1.82, 2.24) is 9.97 Å². The number of benzene rings is 2. The number of nitro groups is 1. The highest BCUT2D eigenvalue weighted by Gasteiger charge is 2.34. The van der Waals surface area contributed by atoms with Crippen LogP contribution in [0.1, 0.15) is 18.1 Å². The minimum atomic E-state index is -4.04. The Balaban J connectivity index is 2.00. The van der Waals surface area contributed by atoms with Crippen molar-refractivity contribution < 1.29 is 22.8 Å². The number of nitrogens with zero attached hydrogens (tertiary/aromatic N) is 3. The minimum Gasteiger partial charge on any atom is -0.468 e. The minimum absolute atomic E-state index is 0.0393. The lowest BCUT2D eigenvalue weighted by Gasteiger charge is -2.11. The summed E-state index contributed by atoms with van der Waals surface area (Å²) in [7, 11) is -4.04. The molecule has 0 saturated carbocycles. The maximum atomic E-state index is 12.5. The molecule has 2 aromatic carbocycles. The molecule has 3 aromatic rings. The Bertz CT molecular complexity index is 1120. The van der Waals surface area contributed by atoms with Crippen molar-refractivity contribution in [3.63, 3.8) is 0 Å². The van der Waals surface area contributed by atoms with Gasteiger partial charge in [-0.05, 0) is 11.1 Å². The Labute approximate surface area is 173 Å². The van der Waals surface area contributed by atoms with Crippen LogP contribution in [0.15, 0.2) is 65.7 Å². The van der Waals surface area contributed by atoms with E-state index >= 15 is 0 Å². The average Bonchev–Trinajstić information content (AvgIpc) is 2.77. The van der Waals surface area contributed by atoms with Gasteiger partial charge in [0.1, 0.15) is 13.2 Å². The van der Waals surface area contributed by atoms with Gasteiger partial charge in [-0.1, -0.05) is 67.6 Å². The first-order valence-corrected chi connectivity index (χ1v) is 10.7. The quantitative estimate of drug-likeness (QED) is 0.288. The van der Waals surface area contributed by atoms with Crippen LogP contribution < -0.4 is 9.47 Å². The van der Waals surface area contributed by atoms with Crippen LogP contribution in [0.4, 0.5) is 5.69 Å². The predicted molar refractivity (Wildman–Crippen MR) is 108 cm³/mol. The van der Waals surface area contributed by atoms with Crippen molar-refractivity contribution in [3.8, 4) is 11.9 Å². The number of aromatic nitrogens is 2. The zero-order valence-electron chi connectivity index (χ0n) is 16.1. The molecule has 0 saturated heterocycles. The van der Waals surface area contributed by atoms with Crippen molar-refractivity contribution in [1.29, 1.82) is 0 Å². The first-order chi connectivity index (χ1) is 14.4. The number of ether oxygens (including phenoxy) is 2. The molecular weight excluding hydrogens is 410 g/mol. The topological polar surface area (TPSA) is 122 Å². The maximum Gasteiger partial charge on any atom is 0.368 e. The van der Waals surface area contributed by atoms with Gasteiger partial charge in [0.05, 0.1) is 10.7 Å². The van der Waals surface area contributed by atoms with Crippen LogP contribution in [-0.4, -0.2) is 29.1 Å². The summed E-state index contributed by atoms with van der Waals surface area (Å²) in [5.41, 5.74) is 0.725. The van der Waals surface area contributed by atoms with Crippen molar-refractivity contribution in [2.24, 2.45) is 0 Å². The molecule has 0 atom stereocenters. The van der Waals surface area contributed by atoms with Gasteiger partial charge in [0.2, 0.25) is 14.9 Å². The lowest BCUT2D eigenvalue weighted by atomic mass is 10.2. The van der Waals surface area contributed by atoms with E-state index in [1.807, 2.05) is 36.4 Å². The Kier molecular flexibility index (Phi) is 6.58. The fourth-order valence-electron chi connectivity index (χ4n) is 2.52. The molecular formula is C20H19N3O6S. The van der Waals surface area contributed by atoms with Gasteiger partial charge in [-0.3, -0.25) is 10.1 Å². The van der Waals surface area contributed by atoms with Gasteiger partial charge >= 0.3 is 17.6 Å². The lowest BCUT2D eigenvalue weighted by Crippen LogP contribution is -2.14. The van der Waals surface area contributed by atoms with Gasteiger partial charge < -0.3 is 9.47 Å². The molecule has 0 unspecified atom stereocenters. The number of hydrogen-bond acceptors (Lipinski definition) is 8. The molecule has 1 heterocycles. The summed E-state index contributed by atoms with van der Waals surface area (Å²) < 4.78 is 36.0. The second-order valence-electron chi connectivity index (χ2n) is 6.17. The van der Waals surface area contributed by atoms with Crippen molar-refractivity contribution in [2.45, 2.75) is 25.2 Å². The lowest BCUT2D eigenvalue weighted by molar-refractivity contribution is -0.389. The molecule has 1 aromatic heterocycles. The fraction of sp³-hybridized carbons (Fsp3) is 0.200. The Morgan fingerprint density at radius 1 is 0.900 bits per heavy atom. The molecule has 0 aliphatic heterocycles. The smallest absolute Gasteiger partial charge is 0.368 e. The highest BCUT2D eigenvalue weighted by Crippen LogP contribution is 2.34. The molecule has 9 nitrogen and oxygen atoms in total. The van der Waals surface area contributed by atoms with Gasteiger partial charge in [-0.2, -0.15) is 9.97 Å². The van der Waals surface area contributed by atoms with E-state index in [2.05, 4.69) is 9.97 Å². The van der Waals surface area contributed by atoms with Crippen LogP contribution in [0.3, 0.4) is 0 Å². The molecule has 0 bridgehead atoms. The number of sulfone groups is 1. The van der Waals surface area contributed by atoms with E-state index in [-0.39, 0.29) is 25.0 Å². The highest BCUT2D eigenvalue weighted by molar-refractivity contribution is 7.91. The second-order valence-corrected chi connectivity index (χ2v) is 8.37. The molecule has 0 N–H and O–H groups in total. The summed E-state index contributed by atoms with van der Waals surface area (Å²) >= 11 is 0. The Morgan fingerprint density at radius 3 is 1.93 bits per heavy atom. The third-order valence-corrected chi connectivity index (χ3v) is 5.72. The first kappa shape index (κ1) is 21.2. The van der Waals surface area contributed by atoms with Crippen LogP contribution in [-0.2, 0) is 23.1 Å². The van der Waals surface area contributed by atoms with Crippen LogP contribution in [0.2, 0.25) is 0 Å². The number of hydrogen-bond donors (Lipinski definition) is 0. The zero-order valence-corrected chi connectivity index (χ0v) is 16.9. The SMILES string of the molecule is CCS(=O)(=O)c1nc(OCc2ccccc2)nc(OCc2ccccc2)c1[N+](=O)[O-]. The van der Waals surface area contributed by atoms with E-state index < -0.39 is 31.4 Å². The van der Waals surface area contributed by atoms with Crippen molar-refractivity contribution in [3.05, 3.63) is 81.9 Å². The third-order valence-electron chi connectivity index (χ3n) is 4.09. The first-order valence-electron chi connectivity index (χ1n) is 9.03. The van der Waals surface area contributed by atoms with E-state index in [1.54, 1.807) is 24.3 Å². The van der Waals surface area contributed by atoms with Crippen molar-refractivity contribution in [2.75, 3.05) is 5.75 Å². The van der Waals surface area contributed by atoms with Gasteiger partial charge in [0.15, 0.2) is 0 Å². The molecule has 10 heteroatoms. The van der Waals surface area contributed by atoms with Gasteiger partial charge in [-0.15, -0.1) is 0 Å². The summed E-state index contributed by atoms with van der Waals surface area (Å²) in [6, 6.07) is 17.7. The molecule has 0 aliphatic rings. The molecule has 30 heavy (non-hydrogen) atoms. The highest BCUT2D eigenvalue weighted by atomic mass is 32.2. The molecule has 0 aliphatic carbocycles. The van der Waals surface area contributed by atoms with Gasteiger partial charge in [0.25, 0.3) is 0 Å². The van der Waals surface area contributed by atoms with Gasteiger partial charge in [-0.25, -0.2) is 8.42 Å². The van der Waals surface area contributed by atoms with Gasteiger partial charge in [0, 0.05) is 0 Å². The predicted octanol–water partition coefficient (Wildman–Crippen LogP) is 3.34. The Morgan fingerprint density at radius 2 is 1.43 bits per heavy atom. The third kappa shape index (κ3) is 5.09. The molecule has 0 radical (unpaired) electrons. The van der Waals surface area contributed by atoms with E-state index in [9.17, 15) is 18.5 Å². The summed E-state index contributed by atoms with van der Waals surface area (Å²) in [6.45, 7) is 1.39. The van der Waals surface area contributed by atoms with E-state index in [0.29, 0.717) is 0 Å². The van der Waals surface area contributed by atoms with Crippen LogP contribution >= 0.6 is 0 Å². The van der Waals surface area contributed by atoms with Crippen LogP contribution in [0, 0.1) is 10.1 Å². The number of rotatable bonds is 9. The zero-order chi connectivity index (χ0) is 21.6. The average molecular weight is 429 g/mol. The largest absolute Gasteiger partial charge is 0.468 e. The van der Waals surface area contributed by atoms with Crippen molar-refractivity contribution >= 4 is 15.5 Å².